The molecular weight excluding hydrogens is 392 g/mol. The molecule has 1 saturated heterocycles. The highest BCUT2D eigenvalue weighted by molar-refractivity contribution is 5.79. The molecule has 0 aliphatic carbocycles. The summed E-state index contributed by atoms with van der Waals surface area (Å²) in [6.07, 6.45) is 3.55. The van der Waals surface area contributed by atoms with Crippen LogP contribution in [0.1, 0.15) is 11.3 Å². The molecule has 0 spiro atoms. The summed E-state index contributed by atoms with van der Waals surface area (Å²) >= 11 is 0. The summed E-state index contributed by atoms with van der Waals surface area (Å²) in [5.74, 6) is 0.276. The molecule has 1 aliphatic heterocycles. The van der Waals surface area contributed by atoms with E-state index in [1.54, 1.807) is 12.4 Å². The number of anilines is 4. The predicted octanol–water partition coefficient (Wildman–Crippen LogP) is 2.70. The zero-order chi connectivity index (χ0) is 21.5. The molecular formula is C23H26N6O2. The van der Waals surface area contributed by atoms with E-state index < -0.39 is 5.91 Å². The number of rotatable bonds is 8. The third kappa shape index (κ3) is 5.70. The van der Waals surface area contributed by atoms with Gasteiger partial charge in [0.15, 0.2) is 0 Å². The van der Waals surface area contributed by atoms with Gasteiger partial charge in [-0.1, -0.05) is 6.07 Å². The van der Waals surface area contributed by atoms with Crippen LogP contribution in [0.15, 0.2) is 60.9 Å². The van der Waals surface area contributed by atoms with E-state index in [-0.39, 0.29) is 6.42 Å². The molecule has 1 amide bonds. The van der Waals surface area contributed by atoms with E-state index in [0.29, 0.717) is 12.4 Å². The lowest BCUT2D eigenvalue weighted by Crippen LogP contribution is -2.36. The zero-order valence-electron chi connectivity index (χ0n) is 17.3. The minimum Gasteiger partial charge on any atom is -0.379 e. The molecule has 1 aliphatic rings. The average Bonchev–Trinajstić information content (AvgIpc) is 2.80. The topological polar surface area (TPSA) is 105 Å². The third-order valence-corrected chi connectivity index (χ3v) is 5.05. The second-order valence-electron chi connectivity index (χ2n) is 7.32. The van der Waals surface area contributed by atoms with Crippen LogP contribution in [0, 0.1) is 0 Å². The van der Waals surface area contributed by atoms with Gasteiger partial charge in [-0.2, -0.15) is 0 Å². The molecule has 0 atom stereocenters. The highest BCUT2D eigenvalue weighted by Crippen LogP contribution is 2.24. The smallest absolute Gasteiger partial charge is 0.221 e. The summed E-state index contributed by atoms with van der Waals surface area (Å²) in [5.41, 5.74) is 9.96. The number of nitrogens with zero attached hydrogens (tertiary/aromatic N) is 3. The van der Waals surface area contributed by atoms with Crippen LogP contribution in [-0.4, -0.2) is 42.2 Å². The lowest BCUT2D eigenvalue weighted by Gasteiger charge is -2.28. The lowest BCUT2D eigenvalue weighted by atomic mass is 10.1. The first-order chi connectivity index (χ1) is 15.2. The van der Waals surface area contributed by atoms with Crippen molar-refractivity contribution < 1.29 is 9.53 Å². The molecule has 8 heteroatoms. The largest absolute Gasteiger partial charge is 0.379 e. The molecule has 4 rings (SSSR count). The van der Waals surface area contributed by atoms with E-state index in [9.17, 15) is 4.79 Å². The Balaban J connectivity index is 1.47. The summed E-state index contributed by atoms with van der Waals surface area (Å²) in [6.45, 7) is 3.86. The van der Waals surface area contributed by atoms with Crippen molar-refractivity contribution in [2.24, 2.45) is 5.73 Å². The maximum Gasteiger partial charge on any atom is 0.221 e. The first-order valence-electron chi connectivity index (χ1n) is 10.3. The van der Waals surface area contributed by atoms with Gasteiger partial charge >= 0.3 is 0 Å². The van der Waals surface area contributed by atoms with Gasteiger partial charge < -0.3 is 26.0 Å². The van der Waals surface area contributed by atoms with Crippen LogP contribution in [0.3, 0.4) is 0 Å². The quantitative estimate of drug-likeness (QED) is 0.516. The number of nitrogens with one attached hydrogen (secondary N) is 2. The number of amides is 1. The number of morpholine rings is 1. The number of hydrogen-bond donors (Lipinski definition) is 3. The van der Waals surface area contributed by atoms with Crippen LogP contribution < -0.4 is 21.3 Å². The van der Waals surface area contributed by atoms with Crippen molar-refractivity contribution in [2.75, 3.05) is 41.8 Å². The molecule has 160 valence electrons. The van der Waals surface area contributed by atoms with Gasteiger partial charge in [-0.15, -0.1) is 0 Å². The molecule has 8 nitrogen and oxygen atoms in total. The predicted molar refractivity (Wildman–Crippen MR) is 121 cm³/mol. The van der Waals surface area contributed by atoms with E-state index in [0.717, 1.165) is 48.9 Å². The van der Waals surface area contributed by atoms with E-state index in [1.165, 1.54) is 5.69 Å². The van der Waals surface area contributed by atoms with Crippen molar-refractivity contribution >= 4 is 28.8 Å². The molecule has 0 bridgehead atoms. The number of ether oxygens (including phenoxy) is 1. The molecule has 2 aromatic heterocycles. The normalized spacial score (nSPS) is 13.6. The van der Waals surface area contributed by atoms with Gasteiger partial charge in [0.25, 0.3) is 0 Å². The van der Waals surface area contributed by atoms with Crippen molar-refractivity contribution in [1.29, 1.82) is 0 Å². The van der Waals surface area contributed by atoms with Crippen molar-refractivity contribution in [3.8, 4) is 0 Å². The summed E-state index contributed by atoms with van der Waals surface area (Å²) in [6, 6.07) is 15.9. The van der Waals surface area contributed by atoms with Crippen LogP contribution in [0.25, 0.3) is 0 Å². The Morgan fingerprint density at radius 1 is 1.10 bits per heavy atom. The Hall–Kier alpha value is -3.65. The SMILES string of the molecule is NC(=O)Cc1cnc(Nc2ccc(N3CCOCC3)cc2)cc1NCc1ccccn1. The Morgan fingerprint density at radius 2 is 1.90 bits per heavy atom. The van der Waals surface area contributed by atoms with Crippen LogP contribution in [0.4, 0.5) is 22.9 Å². The number of carbonyl (C=O) groups excluding carboxylic acids is 1. The molecule has 4 N–H and O–H groups in total. The first-order valence-corrected chi connectivity index (χ1v) is 10.3. The van der Waals surface area contributed by atoms with Crippen molar-refractivity contribution in [3.05, 3.63) is 72.2 Å². The summed E-state index contributed by atoms with van der Waals surface area (Å²) in [7, 11) is 0. The van der Waals surface area contributed by atoms with Crippen molar-refractivity contribution in [2.45, 2.75) is 13.0 Å². The van der Waals surface area contributed by atoms with Crippen molar-refractivity contribution in [1.82, 2.24) is 9.97 Å². The maximum atomic E-state index is 11.5. The molecule has 1 aromatic carbocycles. The molecule has 0 unspecified atom stereocenters. The Morgan fingerprint density at radius 3 is 2.61 bits per heavy atom. The molecule has 31 heavy (non-hydrogen) atoms. The maximum absolute atomic E-state index is 11.5. The Labute approximate surface area is 181 Å². The number of hydrogen-bond acceptors (Lipinski definition) is 7. The number of primary amides is 1. The minimum atomic E-state index is -0.401. The van der Waals surface area contributed by atoms with E-state index in [2.05, 4.69) is 37.6 Å². The van der Waals surface area contributed by atoms with Crippen molar-refractivity contribution in [3.63, 3.8) is 0 Å². The van der Waals surface area contributed by atoms with E-state index >= 15 is 0 Å². The standard InChI is InChI=1S/C23H26N6O2/c24-22(30)13-17-15-27-23(14-21(17)26-16-19-3-1-2-8-25-19)28-18-4-6-20(7-5-18)29-9-11-31-12-10-29/h1-8,14-15H,9-13,16H2,(H2,24,30)(H2,26,27,28). The number of nitrogens with two attached hydrogens (primary N) is 1. The molecule has 3 heterocycles. The third-order valence-electron chi connectivity index (χ3n) is 5.05. The van der Waals surface area contributed by atoms with E-state index in [1.807, 2.05) is 36.4 Å². The van der Waals surface area contributed by atoms with Gasteiger partial charge in [0.2, 0.25) is 5.91 Å². The second kappa shape index (κ2) is 9.90. The Kier molecular flexibility index (Phi) is 6.59. The summed E-state index contributed by atoms with van der Waals surface area (Å²) < 4.78 is 5.42. The minimum absolute atomic E-state index is 0.117. The fourth-order valence-electron chi connectivity index (χ4n) is 3.46. The van der Waals surface area contributed by atoms with Crippen LogP contribution >= 0.6 is 0 Å². The highest BCUT2D eigenvalue weighted by atomic mass is 16.5. The molecule has 1 fully saturated rings. The zero-order valence-corrected chi connectivity index (χ0v) is 17.3. The van der Waals surface area contributed by atoms with Crippen LogP contribution in [0.2, 0.25) is 0 Å². The van der Waals surface area contributed by atoms with Gasteiger partial charge in [-0.05, 0) is 36.4 Å². The molecule has 0 saturated carbocycles. The van der Waals surface area contributed by atoms with Gasteiger partial charge in [-0.25, -0.2) is 4.98 Å². The van der Waals surface area contributed by atoms with Gasteiger partial charge in [0, 0.05) is 54.2 Å². The molecule has 0 radical (unpaired) electrons. The number of carbonyl (C=O) groups is 1. The monoisotopic (exact) mass is 418 g/mol. The average molecular weight is 419 g/mol. The van der Waals surface area contributed by atoms with E-state index in [4.69, 9.17) is 10.5 Å². The fraction of sp³-hybridized carbons (Fsp3) is 0.261. The highest BCUT2D eigenvalue weighted by Gasteiger charge is 2.12. The number of aromatic nitrogens is 2. The Bertz CT molecular complexity index is 1000. The number of benzene rings is 1. The van der Waals surface area contributed by atoms with Crippen LogP contribution in [-0.2, 0) is 22.5 Å². The lowest BCUT2D eigenvalue weighted by molar-refractivity contribution is -0.117. The van der Waals surface area contributed by atoms with Gasteiger partial charge in [0.05, 0.1) is 31.9 Å². The summed E-state index contributed by atoms with van der Waals surface area (Å²) in [4.78, 5) is 22.5. The second-order valence-corrected chi connectivity index (χ2v) is 7.32. The van der Waals surface area contributed by atoms with Gasteiger partial charge in [0.1, 0.15) is 5.82 Å². The van der Waals surface area contributed by atoms with Gasteiger partial charge in [-0.3, -0.25) is 9.78 Å². The number of pyridine rings is 2. The summed E-state index contributed by atoms with van der Waals surface area (Å²) in [5, 5.41) is 6.67. The van der Waals surface area contributed by atoms with Crippen LogP contribution in [0.5, 0.6) is 0 Å². The molecule has 3 aromatic rings. The first kappa shape index (κ1) is 20.6. The fourth-order valence-corrected chi connectivity index (χ4v) is 3.46.